The molecule has 0 atom stereocenters. The zero-order valence-electron chi connectivity index (χ0n) is 15.9. The van der Waals surface area contributed by atoms with E-state index in [4.69, 9.17) is 35.4 Å². The molecule has 190 valence electrons. The number of carbonyl (C=O) groups is 4. The van der Waals surface area contributed by atoms with Gasteiger partial charge in [-0.3, -0.25) is 4.79 Å². The van der Waals surface area contributed by atoms with Crippen LogP contribution in [-0.4, -0.2) is 62.6 Å². The molecular formula is C16H11F9N2O7. The van der Waals surface area contributed by atoms with Gasteiger partial charge in [-0.25, -0.2) is 19.4 Å². The molecule has 0 saturated carbocycles. The number of nitrogens with zero attached hydrogens (tertiary/aromatic N) is 1. The maximum Gasteiger partial charge on any atom is 0.490 e. The molecule has 9 nitrogen and oxygen atoms in total. The molecule has 18 heteroatoms. The van der Waals surface area contributed by atoms with Crippen molar-refractivity contribution < 1.29 is 74.0 Å². The number of para-hydroxylation sites is 1. The molecule has 1 aromatic heterocycles. The Kier molecular flexibility index (Phi) is 12.1. The van der Waals surface area contributed by atoms with Crippen molar-refractivity contribution in [2.75, 3.05) is 0 Å². The Labute approximate surface area is 181 Å². The van der Waals surface area contributed by atoms with Gasteiger partial charge in [-0.2, -0.15) is 39.5 Å². The van der Waals surface area contributed by atoms with Gasteiger partial charge in [-0.1, -0.05) is 24.3 Å². The number of rotatable bonds is 1. The third-order valence-electron chi connectivity index (χ3n) is 2.58. The zero-order chi connectivity index (χ0) is 27.5. The Morgan fingerprint density at radius 2 is 0.971 bits per heavy atom. The molecule has 1 amide bonds. The summed E-state index contributed by atoms with van der Waals surface area (Å²) in [6.07, 6.45) is -15.3. The summed E-state index contributed by atoms with van der Waals surface area (Å²) in [5.74, 6) is -8.77. The number of aliphatic carboxylic acids is 3. The number of benzene rings is 1. The molecule has 0 fully saturated rings. The molecule has 0 saturated heterocycles. The van der Waals surface area contributed by atoms with E-state index in [1.807, 2.05) is 30.3 Å². The molecule has 0 radical (unpaired) electrons. The van der Waals surface area contributed by atoms with Crippen molar-refractivity contribution in [1.29, 1.82) is 0 Å². The number of primary amides is 1. The number of carbonyl (C=O) groups excluding carboxylic acids is 1. The minimum Gasteiger partial charge on any atom is -0.475 e. The fourth-order valence-corrected chi connectivity index (χ4v) is 1.20. The predicted octanol–water partition coefficient (Wildman–Crippen LogP) is 3.23. The summed E-state index contributed by atoms with van der Waals surface area (Å²) in [6.45, 7) is 0. The third kappa shape index (κ3) is 14.0. The molecule has 0 aliphatic rings. The number of hydrogen-bond acceptors (Lipinski definition) is 5. The molecule has 1 heterocycles. The van der Waals surface area contributed by atoms with Gasteiger partial charge in [0.2, 0.25) is 0 Å². The van der Waals surface area contributed by atoms with Crippen molar-refractivity contribution in [3.8, 4) is 0 Å². The lowest BCUT2D eigenvalue weighted by molar-refractivity contribution is -0.193. The van der Waals surface area contributed by atoms with E-state index in [-0.39, 0.29) is 0 Å². The van der Waals surface area contributed by atoms with Crippen molar-refractivity contribution >= 4 is 34.7 Å². The Morgan fingerprint density at radius 3 is 1.26 bits per heavy atom. The predicted molar refractivity (Wildman–Crippen MR) is 91.3 cm³/mol. The van der Waals surface area contributed by atoms with Crippen molar-refractivity contribution in [2.24, 2.45) is 5.73 Å². The number of halogens is 9. The minimum atomic E-state index is -5.08. The van der Waals surface area contributed by atoms with Crippen LogP contribution in [0.25, 0.3) is 10.9 Å². The number of hydrogen-bond donors (Lipinski definition) is 4. The van der Waals surface area contributed by atoms with Crippen molar-refractivity contribution in [1.82, 2.24) is 4.98 Å². The Morgan fingerprint density at radius 1 is 0.647 bits per heavy atom. The Hall–Kier alpha value is -4.12. The normalized spacial score (nSPS) is 10.9. The van der Waals surface area contributed by atoms with Gasteiger partial charge in [0.15, 0.2) is 0 Å². The largest absolute Gasteiger partial charge is 0.490 e. The SMILES string of the molecule is NC(=O)c1ccc2ccccc2n1.O=C(O)C(F)(F)F.O=C(O)C(F)(F)F.O=C(O)C(F)(F)F. The first kappa shape index (κ1) is 32.1. The first-order valence-corrected chi connectivity index (χ1v) is 7.66. The van der Waals surface area contributed by atoms with Gasteiger partial charge in [0, 0.05) is 5.39 Å². The Balaban J connectivity index is 0. The van der Waals surface area contributed by atoms with Crippen LogP contribution in [0.15, 0.2) is 36.4 Å². The molecule has 0 aliphatic heterocycles. The lowest BCUT2D eigenvalue weighted by atomic mass is 10.2. The highest BCUT2D eigenvalue weighted by Gasteiger charge is 2.39. The minimum absolute atomic E-state index is 0.304. The molecule has 5 N–H and O–H groups in total. The quantitative estimate of drug-likeness (QED) is 0.421. The van der Waals surface area contributed by atoms with E-state index in [0.717, 1.165) is 10.9 Å². The van der Waals surface area contributed by atoms with Gasteiger partial charge in [-0.05, 0) is 12.1 Å². The number of amides is 1. The van der Waals surface area contributed by atoms with Gasteiger partial charge in [0.1, 0.15) is 5.69 Å². The molecule has 2 aromatic rings. The highest BCUT2D eigenvalue weighted by molar-refractivity contribution is 5.93. The highest BCUT2D eigenvalue weighted by atomic mass is 19.4. The fraction of sp³-hybridized carbons (Fsp3) is 0.188. The fourth-order valence-electron chi connectivity index (χ4n) is 1.20. The topological polar surface area (TPSA) is 168 Å². The maximum atomic E-state index is 10.8. The summed E-state index contributed by atoms with van der Waals surface area (Å²) in [5, 5.41) is 22.4. The number of pyridine rings is 1. The smallest absolute Gasteiger partial charge is 0.475 e. The van der Waals surface area contributed by atoms with Gasteiger partial charge in [0.25, 0.3) is 5.91 Å². The third-order valence-corrected chi connectivity index (χ3v) is 2.58. The summed E-state index contributed by atoms with van der Waals surface area (Å²) in [5.41, 5.74) is 6.20. The monoisotopic (exact) mass is 514 g/mol. The van der Waals surface area contributed by atoms with Gasteiger partial charge in [-0.15, -0.1) is 0 Å². The molecule has 1 aromatic carbocycles. The maximum absolute atomic E-state index is 10.8. The number of fused-ring (bicyclic) bond motifs is 1. The van der Waals surface area contributed by atoms with E-state index >= 15 is 0 Å². The lowest BCUT2D eigenvalue weighted by Gasteiger charge is -1.97. The van der Waals surface area contributed by atoms with Crippen molar-refractivity contribution in [2.45, 2.75) is 18.5 Å². The summed E-state index contributed by atoms with van der Waals surface area (Å²) in [7, 11) is 0. The van der Waals surface area contributed by atoms with Crippen molar-refractivity contribution in [3.05, 3.63) is 42.1 Å². The van der Waals surface area contributed by atoms with Crippen molar-refractivity contribution in [3.63, 3.8) is 0 Å². The molecule has 2 rings (SSSR count). The lowest BCUT2D eigenvalue weighted by Crippen LogP contribution is -2.21. The van der Waals surface area contributed by atoms with Crippen LogP contribution in [0.3, 0.4) is 0 Å². The van der Waals surface area contributed by atoms with Crippen LogP contribution >= 0.6 is 0 Å². The molecule has 0 bridgehead atoms. The van der Waals surface area contributed by atoms with Crippen LogP contribution in [0.4, 0.5) is 39.5 Å². The summed E-state index contributed by atoms with van der Waals surface area (Å²) in [6, 6.07) is 11.1. The molecule has 0 aliphatic carbocycles. The highest BCUT2D eigenvalue weighted by Crippen LogP contribution is 2.14. The van der Waals surface area contributed by atoms with Gasteiger partial charge >= 0.3 is 36.4 Å². The average molecular weight is 514 g/mol. The molecule has 34 heavy (non-hydrogen) atoms. The first-order chi connectivity index (χ1) is 15.1. The average Bonchev–Trinajstić information content (AvgIpc) is 2.66. The number of alkyl halides is 9. The second kappa shape index (κ2) is 12.8. The van der Waals surface area contributed by atoms with E-state index < -0.39 is 42.3 Å². The first-order valence-electron chi connectivity index (χ1n) is 7.66. The summed E-state index contributed by atoms with van der Waals surface area (Å²) in [4.78, 5) is 41.6. The van der Waals surface area contributed by atoms with Crippen LogP contribution in [0.1, 0.15) is 10.5 Å². The van der Waals surface area contributed by atoms with Crippen LogP contribution in [0.5, 0.6) is 0 Å². The number of carboxylic acid groups (broad SMARTS) is 3. The van der Waals surface area contributed by atoms with Crippen LogP contribution in [0.2, 0.25) is 0 Å². The van der Waals surface area contributed by atoms with Gasteiger partial charge in [0.05, 0.1) is 5.52 Å². The standard InChI is InChI=1S/C10H8N2O.3C2HF3O2/c11-10(13)9-6-5-7-3-1-2-4-8(7)12-9;3*3-2(4,5)1(6)7/h1-6H,(H2,11,13);3*(H,6,7). The van der Waals surface area contributed by atoms with Gasteiger partial charge < -0.3 is 21.1 Å². The number of aromatic nitrogens is 1. The van der Waals surface area contributed by atoms with E-state index in [0.29, 0.717) is 5.69 Å². The summed E-state index contributed by atoms with van der Waals surface area (Å²) < 4.78 is 95.2. The van der Waals surface area contributed by atoms with Crippen LogP contribution in [-0.2, 0) is 14.4 Å². The Bertz CT molecular complexity index is 946. The zero-order valence-corrected chi connectivity index (χ0v) is 15.9. The van der Waals surface area contributed by atoms with E-state index in [2.05, 4.69) is 4.98 Å². The second-order valence-corrected chi connectivity index (χ2v) is 5.16. The number of nitrogens with two attached hydrogens (primary N) is 1. The number of carboxylic acids is 3. The molecule has 0 unspecified atom stereocenters. The van der Waals surface area contributed by atoms with Crippen LogP contribution < -0.4 is 5.73 Å². The summed E-state index contributed by atoms with van der Waals surface area (Å²) >= 11 is 0. The molecular weight excluding hydrogens is 503 g/mol. The second-order valence-electron chi connectivity index (χ2n) is 5.16. The van der Waals surface area contributed by atoms with Crippen LogP contribution in [0, 0.1) is 0 Å². The van der Waals surface area contributed by atoms with E-state index in [1.165, 1.54) is 0 Å². The van der Waals surface area contributed by atoms with E-state index in [9.17, 15) is 44.3 Å². The molecule has 0 spiro atoms. The van der Waals surface area contributed by atoms with E-state index in [1.54, 1.807) is 6.07 Å².